The third kappa shape index (κ3) is 13.9. The van der Waals surface area contributed by atoms with Crippen molar-refractivity contribution in [3.05, 3.63) is 12.2 Å². The van der Waals surface area contributed by atoms with Gasteiger partial charge in [0.2, 0.25) is 28.7 Å². The molecule has 246 valence electrons. The van der Waals surface area contributed by atoms with Gasteiger partial charge in [-0.15, -0.1) is 0 Å². The Morgan fingerprint density at radius 1 is 0.512 bits per heavy atom. The molecular formula is C35H60O7P+. The van der Waals surface area contributed by atoms with E-state index in [1.54, 1.807) is 6.92 Å². The summed E-state index contributed by atoms with van der Waals surface area (Å²) in [6, 6.07) is 0. The van der Waals surface area contributed by atoms with Gasteiger partial charge < -0.3 is 23.7 Å². The topological polar surface area (TPSA) is 80.3 Å². The fraction of sp³-hybridized carbons (Fsp3) is 0.743. The summed E-state index contributed by atoms with van der Waals surface area (Å²) in [6.07, 6.45) is 14.4. The van der Waals surface area contributed by atoms with Crippen molar-refractivity contribution < 1.29 is 33.0 Å². The predicted octanol–water partition coefficient (Wildman–Crippen LogP) is 10.1. The normalized spacial score (nSPS) is 11.3. The first kappa shape index (κ1) is 38.8. The minimum atomic E-state index is -2.63. The molecule has 1 unspecified atom stereocenters. The van der Waals surface area contributed by atoms with Gasteiger partial charge in [0.1, 0.15) is 0 Å². The number of unbranched alkanes of at least 4 members (excludes halogenated alkanes) is 10. The number of carbonyl (C=O) groups is 1. The molecule has 0 saturated carbocycles. The van der Waals surface area contributed by atoms with Crippen molar-refractivity contribution in [3.8, 4) is 28.7 Å². The molecule has 8 heteroatoms. The van der Waals surface area contributed by atoms with E-state index in [4.69, 9.17) is 23.7 Å². The van der Waals surface area contributed by atoms with E-state index in [2.05, 4.69) is 41.2 Å². The average Bonchev–Trinajstić information content (AvgIpc) is 3.00. The molecule has 1 aromatic carbocycles. The van der Waals surface area contributed by atoms with Crippen LogP contribution >= 0.6 is 7.80 Å². The molecule has 0 aromatic heterocycles. The van der Waals surface area contributed by atoms with Gasteiger partial charge in [0, 0.05) is 5.57 Å². The van der Waals surface area contributed by atoms with E-state index < -0.39 is 13.3 Å². The van der Waals surface area contributed by atoms with Crippen LogP contribution in [-0.2, 0) is 9.36 Å². The SMILES string of the molecule is C=C(C)C(=O)[P+](=O)c1c(OCCCCC)c(OCCCCC)c(OCCCCC)c(OCCCCC)c1OCCCCC. The average molecular weight is 624 g/mol. The highest BCUT2D eigenvalue weighted by molar-refractivity contribution is 7.72. The van der Waals surface area contributed by atoms with Crippen molar-refractivity contribution in [1.29, 1.82) is 0 Å². The molecule has 0 fully saturated rings. The highest BCUT2D eigenvalue weighted by Crippen LogP contribution is 2.53. The molecule has 43 heavy (non-hydrogen) atoms. The van der Waals surface area contributed by atoms with Gasteiger partial charge in [-0.25, -0.2) is 4.79 Å². The molecular weight excluding hydrogens is 563 g/mol. The maximum absolute atomic E-state index is 14.1. The lowest BCUT2D eigenvalue weighted by Gasteiger charge is -2.23. The molecule has 0 aliphatic rings. The highest BCUT2D eigenvalue weighted by atomic mass is 31.1. The third-order valence-corrected chi connectivity index (χ3v) is 8.54. The Morgan fingerprint density at radius 2 is 0.767 bits per heavy atom. The molecule has 0 spiro atoms. The van der Waals surface area contributed by atoms with E-state index in [1.165, 1.54) is 0 Å². The minimum Gasteiger partial charge on any atom is -0.486 e. The Kier molecular flexibility index (Phi) is 21.7. The zero-order valence-corrected chi connectivity index (χ0v) is 29.0. The van der Waals surface area contributed by atoms with E-state index >= 15 is 0 Å². The standard InChI is InChI=1S/C35H60O7P/c1-8-13-18-23-38-29-30(39-24-19-14-9-2)32(41-26-21-16-11-4)34(43(37)35(36)28(6)7)33(42-27-22-17-12-5)31(29)40-25-20-15-10-3/h6,8-27H2,1-5,7H3/q+1. The number of hydrogen-bond acceptors (Lipinski definition) is 7. The molecule has 0 saturated heterocycles. The number of rotatable bonds is 28. The number of benzene rings is 1. The van der Waals surface area contributed by atoms with E-state index in [1.807, 2.05) is 0 Å². The molecule has 0 aliphatic heterocycles. The number of hydrogen-bond donors (Lipinski definition) is 0. The monoisotopic (exact) mass is 623 g/mol. The van der Waals surface area contributed by atoms with Crippen molar-refractivity contribution in [3.63, 3.8) is 0 Å². The van der Waals surface area contributed by atoms with Crippen LogP contribution in [0.2, 0.25) is 0 Å². The predicted molar refractivity (Wildman–Crippen MR) is 179 cm³/mol. The Hall–Kier alpha value is -2.27. The first-order valence-corrected chi connectivity index (χ1v) is 18.2. The Labute approximate surface area is 263 Å². The Morgan fingerprint density at radius 3 is 1.02 bits per heavy atom. The smallest absolute Gasteiger partial charge is 0.466 e. The molecule has 0 amide bonds. The lowest BCUT2D eigenvalue weighted by atomic mass is 10.2. The van der Waals surface area contributed by atoms with Gasteiger partial charge in [-0.1, -0.05) is 110 Å². The third-order valence-electron chi connectivity index (χ3n) is 6.98. The van der Waals surface area contributed by atoms with Crippen LogP contribution in [0, 0.1) is 0 Å². The van der Waals surface area contributed by atoms with Gasteiger partial charge in [0.15, 0.2) is 0 Å². The zero-order chi connectivity index (χ0) is 31.9. The molecule has 7 nitrogen and oxygen atoms in total. The van der Waals surface area contributed by atoms with Crippen LogP contribution in [0.4, 0.5) is 0 Å². The van der Waals surface area contributed by atoms with Gasteiger partial charge in [-0.3, -0.25) is 0 Å². The maximum atomic E-state index is 14.1. The van der Waals surface area contributed by atoms with E-state index in [0.717, 1.165) is 96.3 Å². The summed E-state index contributed by atoms with van der Waals surface area (Å²) in [5.41, 5.74) is -0.331. The van der Waals surface area contributed by atoms with Crippen LogP contribution in [-0.4, -0.2) is 38.6 Å². The molecule has 1 rings (SSSR count). The Balaban J connectivity index is 3.99. The number of carbonyl (C=O) groups excluding carboxylic acids is 1. The fourth-order valence-corrected chi connectivity index (χ4v) is 5.63. The summed E-state index contributed by atoms with van der Waals surface area (Å²) in [5.74, 6) is 1.64. The van der Waals surface area contributed by atoms with Crippen molar-refractivity contribution in [2.45, 2.75) is 138 Å². The first-order valence-electron chi connectivity index (χ1n) is 16.9. The fourth-order valence-electron chi connectivity index (χ4n) is 4.38. The number of ether oxygens (including phenoxy) is 5. The molecule has 0 heterocycles. The summed E-state index contributed by atoms with van der Waals surface area (Å²) in [7, 11) is -2.63. The second-order valence-corrected chi connectivity index (χ2v) is 12.6. The largest absolute Gasteiger partial charge is 0.486 e. The second-order valence-electron chi connectivity index (χ2n) is 11.2. The molecule has 1 atom stereocenters. The van der Waals surface area contributed by atoms with Crippen LogP contribution in [0.3, 0.4) is 0 Å². The summed E-state index contributed by atoms with van der Waals surface area (Å²) in [5, 5.41) is 0.188. The van der Waals surface area contributed by atoms with E-state index in [0.29, 0.717) is 50.3 Å². The van der Waals surface area contributed by atoms with E-state index in [9.17, 15) is 9.36 Å². The van der Waals surface area contributed by atoms with Crippen LogP contribution in [0.5, 0.6) is 28.7 Å². The van der Waals surface area contributed by atoms with Gasteiger partial charge in [-0.05, 0) is 39.0 Å². The molecule has 0 radical (unpaired) electrons. The van der Waals surface area contributed by atoms with Crippen molar-refractivity contribution >= 4 is 18.6 Å². The molecule has 0 N–H and O–H groups in total. The quantitative estimate of drug-likeness (QED) is 0.0522. The van der Waals surface area contributed by atoms with E-state index in [-0.39, 0.29) is 22.4 Å². The zero-order valence-electron chi connectivity index (χ0n) is 28.2. The molecule has 1 aromatic rings. The summed E-state index contributed by atoms with van der Waals surface area (Å²) < 4.78 is 46.2. The molecule has 0 aliphatic carbocycles. The summed E-state index contributed by atoms with van der Waals surface area (Å²) >= 11 is 0. The first-order chi connectivity index (χ1) is 20.9. The van der Waals surface area contributed by atoms with Gasteiger partial charge in [0.05, 0.1) is 33.0 Å². The molecule has 0 bridgehead atoms. The van der Waals surface area contributed by atoms with Crippen LogP contribution < -0.4 is 29.0 Å². The van der Waals surface area contributed by atoms with Crippen LogP contribution in [0.15, 0.2) is 12.2 Å². The van der Waals surface area contributed by atoms with Crippen LogP contribution in [0.1, 0.15) is 138 Å². The maximum Gasteiger partial charge on any atom is 0.466 e. The van der Waals surface area contributed by atoms with Gasteiger partial charge in [0.25, 0.3) is 5.30 Å². The summed E-state index contributed by atoms with van der Waals surface area (Å²) in [6.45, 7) is 18.2. The lowest BCUT2D eigenvalue weighted by Crippen LogP contribution is -2.19. The lowest BCUT2D eigenvalue weighted by molar-refractivity contribution is -0.108. The van der Waals surface area contributed by atoms with Crippen molar-refractivity contribution in [2.24, 2.45) is 0 Å². The second kappa shape index (κ2) is 24.1. The highest BCUT2D eigenvalue weighted by Gasteiger charge is 2.45. The van der Waals surface area contributed by atoms with Crippen molar-refractivity contribution in [1.82, 2.24) is 0 Å². The van der Waals surface area contributed by atoms with Gasteiger partial charge >= 0.3 is 13.3 Å². The Bertz CT molecular complexity index is 911. The van der Waals surface area contributed by atoms with Crippen molar-refractivity contribution in [2.75, 3.05) is 33.0 Å². The minimum absolute atomic E-state index is 0.188. The van der Waals surface area contributed by atoms with Gasteiger partial charge in [-0.2, -0.15) is 0 Å². The van der Waals surface area contributed by atoms with Crippen LogP contribution in [0.25, 0.3) is 0 Å². The summed E-state index contributed by atoms with van der Waals surface area (Å²) in [4.78, 5) is 13.2. The number of allylic oxidation sites excluding steroid dienone is 1.